The summed E-state index contributed by atoms with van der Waals surface area (Å²) in [6.45, 7) is 0. The lowest BCUT2D eigenvalue weighted by Crippen LogP contribution is -2.00. The molecule has 0 aliphatic heterocycles. The minimum absolute atomic E-state index is 0.564. The van der Waals surface area contributed by atoms with E-state index in [2.05, 4.69) is 119 Å². The van der Waals surface area contributed by atoms with Crippen molar-refractivity contribution in [3.05, 3.63) is 218 Å². The first-order valence-electron chi connectivity index (χ1n) is 19.9. The third-order valence-electron chi connectivity index (χ3n) is 10.6. The van der Waals surface area contributed by atoms with Crippen LogP contribution < -0.4 is 0 Å². The van der Waals surface area contributed by atoms with Gasteiger partial charge in [-0.15, -0.1) is 20.4 Å². The molecule has 60 heavy (non-hydrogen) atoms. The van der Waals surface area contributed by atoms with Gasteiger partial charge in [-0.3, -0.25) is 0 Å². The lowest BCUT2D eigenvalue weighted by Gasteiger charge is -2.16. The molecule has 6 heteroatoms. The quantitative estimate of drug-likeness (QED) is 0.145. The molecule has 0 saturated heterocycles. The zero-order valence-electron chi connectivity index (χ0n) is 32.5. The molecule has 0 unspecified atom stereocenters. The molecule has 0 aliphatic rings. The van der Waals surface area contributed by atoms with Crippen LogP contribution in [0.5, 0.6) is 0 Å². The molecule has 0 atom stereocenters. The molecule has 10 aromatic rings. The second kappa shape index (κ2) is 16.3. The zero-order chi connectivity index (χ0) is 40.1. The van der Waals surface area contributed by atoms with E-state index in [9.17, 15) is 0 Å². The van der Waals surface area contributed by atoms with Gasteiger partial charge in [0.1, 0.15) is 22.8 Å². The number of aromatic nitrogens is 6. The summed E-state index contributed by atoms with van der Waals surface area (Å²) in [5.41, 5.74) is 15.3. The van der Waals surface area contributed by atoms with E-state index in [0.29, 0.717) is 11.6 Å². The number of hydrogen-bond acceptors (Lipinski definition) is 6. The molecular formula is C54H36N6. The Labute approximate surface area is 348 Å². The Bertz CT molecular complexity index is 2870. The van der Waals surface area contributed by atoms with Crippen LogP contribution in [0.1, 0.15) is 0 Å². The van der Waals surface area contributed by atoms with Crippen LogP contribution in [-0.2, 0) is 0 Å². The van der Waals surface area contributed by atoms with Gasteiger partial charge in [-0.05, 0) is 45.5 Å². The van der Waals surface area contributed by atoms with Crippen LogP contribution in [0.4, 0.5) is 0 Å². The van der Waals surface area contributed by atoms with Crippen LogP contribution in [0.3, 0.4) is 0 Å². The van der Waals surface area contributed by atoms with Crippen molar-refractivity contribution in [2.75, 3.05) is 0 Å². The van der Waals surface area contributed by atoms with E-state index >= 15 is 0 Å². The van der Waals surface area contributed by atoms with Crippen LogP contribution in [0, 0.1) is 0 Å². The SMILES string of the molecule is c1ccc(-c2nnc(-c3cccc(-c4ccccc4-c4ccccc4-c4cccc(-c5nnc(-c6ccccc6)c(-c6ccccc6)n5)c4)c3)nc2-c2ccccc2)cc1. The second-order valence-electron chi connectivity index (χ2n) is 14.4. The lowest BCUT2D eigenvalue weighted by molar-refractivity contribution is 0.991. The van der Waals surface area contributed by atoms with E-state index in [1.807, 2.05) is 109 Å². The largest absolute Gasteiger partial charge is 0.224 e. The van der Waals surface area contributed by atoms with E-state index in [1.165, 1.54) is 0 Å². The van der Waals surface area contributed by atoms with Gasteiger partial charge in [0.25, 0.3) is 0 Å². The highest BCUT2D eigenvalue weighted by atomic mass is 15.2. The molecule has 0 fully saturated rings. The summed E-state index contributed by atoms with van der Waals surface area (Å²) in [7, 11) is 0. The van der Waals surface area contributed by atoms with Crippen molar-refractivity contribution in [3.8, 4) is 101 Å². The standard InChI is InChI=1S/C54H36N6/c1-5-19-37(20-6-1)49-51(39-23-9-3-10-24-39)57-59-53(55-49)43-29-17-27-41(35-43)45-31-13-15-33-47(45)48-34-16-14-32-46(48)42-28-18-30-44(36-42)54-56-50(38-21-7-2-8-22-38)52(58-60-54)40-25-11-4-12-26-40/h1-36H. The van der Waals surface area contributed by atoms with Crippen molar-refractivity contribution in [1.82, 2.24) is 30.4 Å². The van der Waals surface area contributed by atoms with Crippen molar-refractivity contribution in [3.63, 3.8) is 0 Å². The van der Waals surface area contributed by atoms with Crippen molar-refractivity contribution in [2.45, 2.75) is 0 Å². The van der Waals surface area contributed by atoms with Crippen LogP contribution in [0.25, 0.3) is 101 Å². The first kappa shape index (κ1) is 36.1. The van der Waals surface area contributed by atoms with Gasteiger partial charge in [0.05, 0.1) is 0 Å². The molecule has 0 bridgehead atoms. The summed E-state index contributed by atoms with van der Waals surface area (Å²) in [5.74, 6) is 1.13. The summed E-state index contributed by atoms with van der Waals surface area (Å²) in [6.07, 6.45) is 0. The Hall–Kier alpha value is -8.22. The molecule has 0 saturated carbocycles. The number of benzene rings is 8. The number of hydrogen-bond donors (Lipinski definition) is 0. The minimum atomic E-state index is 0.564. The van der Waals surface area contributed by atoms with E-state index in [0.717, 1.165) is 89.5 Å². The molecule has 2 aromatic heterocycles. The monoisotopic (exact) mass is 768 g/mol. The van der Waals surface area contributed by atoms with Gasteiger partial charge in [-0.2, -0.15) is 0 Å². The fourth-order valence-electron chi connectivity index (χ4n) is 7.66. The number of nitrogens with zero attached hydrogens (tertiary/aromatic N) is 6. The van der Waals surface area contributed by atoms with Crippen molar-refractivity contribution < 1.29 is 0 Å². The highest BCUT2D eigenvalue weighted by Gasteiger charge is 2.19. The second-order valence-corrected chi connectivity index (χ2v) is 14.4. The van der Waals surface area contributed by atoms with Crippen LogP contribution in [0.15, 0.2) is 218 Å². The molecule has 0 radical (unpaired) electrons. The molecule has 0 N–H and O–H groups in total. The maximum absolute atomic E-state index is 5.15. The fraction of sp³-hybridized carbons (Fsp3) is 0. The Morgan fingerprint density at radius 3 is 0.850 bits per heavy atom. The van der Waals surface area contributed by atoms with Gasteiger partial charge >= 0.3 is 0 Å². The Kier molecular flexibility index (Phi) is 9.84. The van der Waals surface area contributed by atoms with Crippen LogP contribution in [-0.4, -0.2) is 30.4 Å². The molecular weight excluding hydrogens is 733 g/mol. The van der Waals surface area contributed by atoms with Gasteiger partial charge in [0, 0.05) is 33.4 Å². The maximum atomic E-state index is 5.15. The topological polar surface area (TPSA) is 77.3 Å². The van der Waals surface area contributed by atoms with E-state index in [4.69, 9.17) is 20.2 Å². The summed E-state index contributed by atoms with van der Waals surface area (Å²) < 4.78 is 0. The first-order valence-corrected chi connectivity index (χ1v) is 19.9. The average molecular weight is 769 g/mol. The zero-order valence-corrected chi connectivity index (χ0v) is 32.5. The predicted octanol–water partition coefficient (Wildman–Crippen LogP) is 13.1. The summed E-state index contributed by atoms with van der Waals surface area (Å²) in [6, 6.07) is 74.5. The Morgan fingerprint density at radius 2 is 0.483 bits per heavy atom. The van der Waals surface area contributed by atoms with Crippen LogP contribution >= 0.6 is 0 Å². The predicted molar refractivity (Wildman–Crippen MR) is 242 cm³/mol. The molecule has 8 aromatic carbocycles. The van der Waals surface area contributed by atoms with E-state index in [1.54, 1.807) is 0 Å². The average Bonchev–Trinajstić information content (AvgIpc) is 3.35. The molecule has 0 spiro atoms. The highest BCUT2D eigenvalue weighted by Crippen LogP contribution is 2.40. The Morgan fingerprint density at radius 1 is 0.200 bits per heavy atom. The van der Waals surface area contributed by atoms with Crippen LogP contribution in [0.2, 0.25) is 0 Å². The normalized spacial score (nSPS) is 11.0. The molecule has 2 heterocycles. The van der Waals surface area contributed by atoms with Gasteiger partial charge in [0.2, 0.25) is 0 Å². The molecule has 6 nitrogen and oxygen atoms in total. The molecule has 0 amide bonds. The van der Waals surface area contributed by atoms with Gasteiger partial charge < -0.3 is 0 Å². The third-order valence-corrected chi connectivity index (χ3v) is 10.6. The van der Waals surface area contributed by atoms with E-state index in [-0.39, 0.29) is 0 Å². The Balaban J connectivity index is 1.03. The molecule has 10 rings (SSSR count). The minimum Gasteiger partial charge on any atom is -0.224 e. The third kappa shape index (κ3) is 7.25. The van der Waals surface area contributed by atoms with Crippen molar-refractivity contribution >= 4 is 0 Å². The summed E-state index contributed by atoms with van der Waals surface area (Å²) in [4.78, 5) is 10.3. The first-order chi connectivity index (χ1) is 29.8. The molecule has 282 valence electrons. The van der Waals surface area contributed by atoms with Gasteiger partial charge in [0.15, 0.2) is 11.6 Å². The van der Waals surface area contributed by atoms with Crippen molar-refractivity contribution in [2.24, 2.45) is 0 Å². The molecule has 0 aliphatic carbocycles. The lowest BCUT2D eigenvalue weighted by atomic mass is 9.88. The summed E-state index contributed by atoms with van der Waals surface area (Å²) in [5, 5.41) is 18.9. The smallest absolute Gasteiger partial charge is 0.182 e. The highest BCUT2D eigenvalue weighted by molar-refractivity contribution is 5.93. The van der Waals surface area contributed by atoms with Gasteiger partial charge in [-0.25, -0.2) is 9.97 Å². The van der Waals surface area contributed by atoms with Gasteiger partial charge in [-0.1, -0.05) is 206 Å². The summed E-state index contributed by atoms with van der Waals surface area (Å²) >= 11 is 0. The fourth-order valence-corrected chi connectivity index (χ4v) is 7.66. The maximum Gasteiger partial charge on any atom is 0.182 e. The van der Waals surface area contributed by atoms with E-state index < -0.39 is 0 Å². The number of rotatable bonds is 9. The van der Waals surface area contributed by atoms with Crippen molar-refractivity contribution in [1.29, 1.82) is 0 Å².